The molecule has 8 nitrogen and oxygen atoms in total. The highest BCUT2D eigenvalue weighted by Gasteiger charge is 2.18. The van der Waals surface area contributed by atoms with Crippen LogP contribution in [0.1, 0.15) is 21.7 Å². The van der Waals surface area contributed by atoms with E-state index >= 15 is 0 Å². The van der Waals surface area contributed by atoms with Gasteiger partial charge in [0.05, 0.1) is 5.56 Å². The van der Waals surface area contributed by atoms with Crippen LogP contribution in [0.3, 0.4) is 0 Å². The van der Waals surface area contributed by atoms with Crippen LogP contribution in [0, 0.1) is 24.0 Å². The van der Waals surface area contributed by atoms with Gasteiger partial charge in [0.1, 0.15) is 25.1 Å². The first kappa shape index (κ1) is 18.3. The van der Waals surface area contributed by atoms with E-state index in [1.807, 2.05) is 0 Å². The van der Waals surface area contributed by atoms with Crippen LogP contribution in [0.5, 0.6) is 5.75 Å². The van der Waals surface area contributed by atoms with Gasteiger partial charge in [0.2, 0.25) is 0 Å². The summed E-state index contributed by atoms with van der Waals surface area (Å²) in [7, 11) is 0. The Bertz CT molecular complexity index is 791. The van der Waals surface area contributed by atoms with E-state index in [0.29, 0.717) is 11.4 Å². The summed E-state index contributed by atoms with van der Waals surface area (Å²) in [5.74, 6) is -0.674. The molecule has 0 spiro atoms. The van der Waals surface area contributed by atoms with Gasteiger partial charge in [-0.15, -0.1) is 0 Å². The summed E-state index contributed by atoms with van der Waals surface area (Å²) in [5.41, 5.74) is 0.486. The Balaban J connectivity index is 2.01. The van der Waals surface area contributed by atoms with Crippen LogP contribution in [0.4, 0.5) is 14.6 Å². The van der Waals surface area contributed by atoms with Crippen LogP contribution < -0.4 is 4.74 Å². The topological polar surface area (TPSA) is 96.5 Å². The van der Waals surface area contributed by atoms with Crippen LogP contribution in [0.25, 0.3) is 0 Å². The maximum absolute atomic E-state index is 12.3. The SMILES string of the molecule is Cc1ccc(C(=O)OCCn2c([N+](=O)[O-])cnc2C)cc1OC(F)F. The van der Waals surface area contributed by atoms with Crippen molar-refractivity contribution in [2.75, 3.05) is 6.61 Å². The Morgan fingerprint density at radius 2 is 2.12 bits per heavy atom. The molecule has 0 saturated heterocycles. The Kier molecular flexibility index (Phi) is 5.63. The summed E-state index contributed by atoms with van der Waals surface area (Å²) >= 11 is 0. The fourth-order valence-electron chi connectivity index (χ4n) is 2.14. The fourth-order valence-corrected chi connectivity index (χ4v) is 2.14. The summed E-state index contributed by atoms with van der Waals surface area (Å²) in [6.45, 7) is 0.0432. The Hall–Kier alpha value is -3.04. The number of aromatic nitrogens is 2. The minimum Gasteiger partial charge on any atom is -0.458 e. The summed E-state index contributed by atoms with van der Waals surface area (Å²) < 4.78 is 35.3. The second kappa shape index (κ2) is 7.69. The quantitative estimate of drug-likeness (QED) is 0.430. The van der Waals surface area contributed by atoms with E-state index in [4.69, 9.17) is 4.74 Å². The number of nitrogens with zero attached hydrogens (tertiary/aromatic N) is 3. The standard InChI is InChI=1S/C15H15F2N3O5/c1-9-3-4-11(7-12(9)25-15(16)17)14(21)24-6-5-19-10(2)18-8-13(19)20(22)23/h3-4,7-8,15H,5-6H2,1-2H3. The molecular weight excluding hydrogens is 340 g/mol. The number of benzene rings is 1. The van der Waals surface area contributed by atoms with E-state index < -0.39 is 17.5 Å². The van der Waals surface area contributed by atoms with Crippen molar-refractivity contribution < 1.29 is 28.0 Å². The molecule has 2 aromatic rings. The number of esters is 1. The third-order valence-electron chi connectivity index (χ3n) is 3.41. The minimum absolute atomic E-state index is 0.0399. The lowest BCUT2D eigenvalue weighted by Gasteiger charge is -2.10. The van der Waals surface area contributed by atoms with E-state index in [0.717, 1.165) is 12.3 Å². The molecule has 0 aliphatic heterocycles. The van der Waals surface area contributed by atoms with Crippen molar-refractivity contribution in [1.29, 1.82) is 0 Å². The van der Waals surface area contributed by atoms with Gasteiger partial charge in [-0.05, 0) is 29.5 Å². The molecule has 2 rings (SSSR count). The molecule has 0 atom stereocenters. The van der Waals surface area contributed by atoms with Gasteiger partial charge < -0.3 is 19.6 Å². The molecule has 25 heavy (non-hydrogen) atoms. The van der Waals surface area contributed by atoms with E-state index in [1.165, 1.54) is 16.7 Å². The van der Waals surface area contributed by atoms with Crippen molar-refractivity contribution in [2.45, 2.75) is 27.0 Å². The lowest BCUT2D eigenvalue weighted by atomic mass is 10.1. The first-order chi connectivity index (χ1) is 11.8. The van der Waals surface area contributed by atoms with Crippen molar-refractivity contribution in [3.8, 4) is 5.75 Å². The second-order valence-corrected chi connectivity index (χ2v) is 5.07. The number of hydrogen-bond acceptors (Lipinski definition) is 6. The molecule has 1 aromatic heterocycles. The van der Waals surface area contributed by atoms with Gasteiger partial charge in [-0.1, -0.05) is 6.07 Å². The first-order valence-electron chi connectivity index (χ1n) is 7.18. The maximum Gasteiger partial charge on any atom is 0.387 e. The predicted octanol–water partition coefficient (Wildman–Crippen LogP) is 2.87. The zero-order valence-electron chi connectivity index (χ0n) is 13.4. The van der Waals surface area contributed by atoms with Gasteiger partial charge >= 0.3 is 18.4 Å². The molecule has 0 aliphatic rings. The van der Waals surface area contributed by atoms with Crippen molar-refractivity contribution >= 4 is 11.8 Å². The number of alkyl halides is 2. The number of carbonyl (C=O) groups is 1. The van der Waals surface area contributed by atoms with Gasteiger partial charge in [-0.2, -0.15) is 8.78 Å². The molecule has 0 N–H and O–H groups in total. The normalized spacial score (nSPS) is 10.8. The van der Waals surface area contributed by atoms with Gasteiger partial charge in [0, 0.05) is 6.92 Å². The number of ether oxygens (including phenoxy) is 2. The molecular formula is C15H15F2N3O5. The van der Waals surface area contributed by atoms with E-state index in [1.54, 1.807) is 13.8 Å². The van der Waals surface area contributed by atoms with Crippen LogP contribution in [0.2, 0.25) is 0 Å². The molecule has 1 heterocycles. The van der Waals surface area contributed by atoms with Crippen LogP contribution in [-0.2, 0) is 11.3 Å². The number of halogens is 2. The first-order valence-corrected chi connectivity index (χ1v) is 7.18. The molecule has 134 valence electrons. The van der Waals surface area contributed by atoms with E-state index in [2.05, 4.69) is 9.72 Å². The number of nitro groups is 1. The number of carbonyl (C=O) groups excluding carboxylic acids is 1. The highest BCUT2D eigenvalue weighted by molar-refractivity contribution is 5.90. The number of hydrogen-bond donors (Lipinski definition) is 0. The third kappa shape index (κ3) is 4.49. The van der Waals surface area contributed by atoms with Gasteiger partial charge in [-0.25, -0.2) is 14.3 Å². The average molecular weight is 355 g/mol. The molecule has 0 unspecified atom stereocenters. The summed E-state index contributed by atoms with van der Waals surface area (Å²) in [6, 6.07) is 4.04. The third-order valence-corrected chi connectivity index (χ3v) is 3.41. The average Bonchev–Trinajstić information content (AvgIpc) is 2.90. The van der Waals surface area contributed by atoms with Gasteiger partial charge in [0.15, 0.2) is 5.82 Å². The molecule has 0 aliphatic carbocycles. The lowest BCUT2D eigenvalue weighted by molar-refractivity contribution is -0.392. The smallest absolute Gasteiger partial charge is 0.387 e. The number of rotatable bonds is 7. The monoisotopic (exact) mass is 355 g/mol. The van der Waals surface area contributed by atoms with Crippen LogP contribution >= 0.6 is 0 Å². The molecule has 0 bridgehead atoms. The van der Waals surface area contributed by atoms with Crippen LogP contribution in [0.15, 0.2) is 24.4 Å². The Labute approximate surface area is 141 Å². The second-order valence-electron chi connectivity index (χ2n) is 5.07. The van der Waals surface area contributed by atoms with E-state index in [-0.39, 0.29) is 30.3 Å². The zero-order chi connectivity index (χ0) is 18.6. The Morgan fingerprint density at radius 3 is 2.76 bits per heavy atom. The van der Waals surface area contributed by atoms with Crippen molar-refractivity contribution in [3.63, 3.8) is 0 Å². The summed E-state index contributed by atoms with van der Waals surface area (Å²) in [6.07, 6.45) is 1.12. The molecule has 0 radical (unpaired) electrons. The highest BCUT2D eigenvalue weighted by Crippen LogP contribution is 2.22. The maximum atomic E-state index is 12.3. The van der Waals surface area contributed by atoms with Crippen molar-refractivity contribution in [1.82, 2.24) is 9.55 Å². The fraction of sp³-hybridized carbons (Fsp3) is 0.333. The van der Waals surface area contributed by atoms with Crippen molar-refractivity contribution in [2.24, 2.45) is 0 Å². The van der Waals surface area contributed by atoms with Crippen molar-refractivity contribution in [3.05, 3.63) is 51.5 Å². The van der Waals surface area contributed by atoms with Gasteiger partial charge in [0.25, 0.3) is 0 Å². The largest absolute Gasteiger partial charge is 0.458 e. The van der Waals surface area contributed by atoms with Gasteiger partial charge in [-0.3, -0.25) is 0 Å². The predicted molar refractivity (Wildman–Crippen MR) is 81.7 cm³/mol. The summed E-state index contributed by atoms with van der Waals surface area (Å²) in [4.78, 5) is 26.1. The molecule has 0 amide bonds. The lowest BCUT2D eigenvalue weighted by Crippen LogP contribution is -2.14. The molecule has 1 aromatic carbocycles. The Morgan fingerprint density at radius 1 is 1.40 bits per heavy atom. The number of aryl methyl sites for hydroxylation is 2. The summed E-state index contributed by atoms with van der Waals surface area (Å²) in [5, 5.41) is 10.9. The zero-order valence-corrected chi connectivity index (χ0v) is 13.4. The minimum atomic E-state index is -3.00. The molecule has 0 fully saturated rings. The number of imidazole rings is 1. The van der Waals surface area contributed by atoms with E-state index in [9.17, 15) is 23.7 Å². The van der Waals surface area contributed by atoms with Crippen LogP contribution in [-0.4, -0.2) is 33.7 Å². The molecule has 10 heteroatoms. The highest BCUT2D eigenvalue weighted by atomic mass is 19.3. The molecule has 0 saturated carbocycles.